The highest BCUT2D eigenvalue weighted by Gasteiger charge is 2.25. The van der Waals surface area contributed by atoms with Gasteiger partial charge in [0.05, 0.1) is 11.8 Å². The minimum atomic E-state index is -0.0618. The molecule has 0 atom stereocenters. The number of anilines is 1. The smallest absolute Gasteiger partial charge is 0.257 e. The van der Waals surface area contributed by atoms with Gasteiger partial charge in [-0.15, -0.1) is 11.3 Å². The lowest BCUT2D eigenvalue weighted by Gasteiger charge is -1.92. The Kier molecular flexibility index (Phi) is 1.76. The van der Waals surface area contributed by atoms with E-state index in [-0.39, 0.29) is 5.91 Å². The van der Waals surface area contributed by atoms with Gasteiger partial charge in [0.25, 0.3) is 5.91 Å². The molecular formula is C11H7NO2S. The van der Waals surface area contributed by atoms with E-state index in [1.54, 1.807) is 18.4 Å². The van der Waals surface area contributed by atoms with E-state index in [0.29, 0.717) is 11.3 Å². The predicted octanol–water partition coefficient (Wildman–Crippen LogP) is 2.83. The number of fused-ring (bicyclic) bond motifs is 1. The number of amides is 1. The molecule has 0 fully saturated rings. The molecule has 15 heavy (non-hydrogen) atoms. The largest absolute Gasteiger partial charge is 0.465 e. The molecule has 1 amide bonds. The van der Waals surface area contributed by atoms with E-state index in [4.69, 9.17) is 4.42 Å². The van der Waals surface area contributed by atoms with Crippen LogP contribution in [0, 0.1) is 0 Å². The van der Waals surface area contributed by atoms with Crippen LogP contribution in [0.5, 0.6) is 0 Å². The Bertz CT molecular complexity index is 537. The molecule has 3 heterocycles. The third kappa shape index (κ3) is 1.30. The predicted molar refractivity (Wildman–Crippen MR) is 59.5 cm³/mol. The summed E-state index contributed by atoms with van der Waals surface area (Å²) < 4.78 is 5.18. The fraction of sp³-hybridized carbons (Fsp3) is 0. The van der Waals surface area contributed by atoms with Crippen LogP contribution in [0.15, 0.2) is 34.3 Å². The number of hydrogen-bond donors (Lipinski definition) is 1. The second kappa shape index (κ2) is 3.10. The van der Waals surface area contributed by atoms with Gasteiger partial charge in [0.1, 0.15) is 10.8 Å². The first kappa shape index (κ1) is 8.49. The average Bonchev–Trinajstić information content (AvgIpc) is 2.86. The highest BCUT2D eigenvalue weighted by atomic mass is 32.1. The number of furan rings is 1. The van der Waals surface area contributed by atoms with Crippen molar-refractivity contribution in [1.29, 1.82) is 0 Å². The molecule has 1 aliphatic rings. The summed E-state index contributed by atoms with van der Waals surface area (Å²) in [5.41, 5.74) is 1.63. The molecule has 2 aromatic heterocycles. The summed E-state index contributed by atoms with van der Waals surface area (Å²) in [5, 5.41) is 5.68. The first-order valence-corrected chi connectivity index (χ1v) is 5.37. The zero-order chi connectivity index (χ0) is 10.3. The Labute approximate surface area is 90.0 Å². The topological polar surface area (TPSA) is 42.2 Å². The Morgan fingerprint density at radius 2 is 2.33 bits per heavy atom. The lowest BCUT2D eigenvalue weighted by atomic mass is 10.1. The molecule has 0 saturated carbocycles. The summed E-state index contributed by atoms with van der Waals surface area (Å²) in [5.74, 6) is 0.632. The summed E-state index contributed by atoms with van der Waals surface area (Å²) in [6.07, 6.45) is 3.35. The van der Waals surface area contributed by atoms with Gasteiger partial charge < -0.3 is 9.73 Å². The molecule has 0 radical (unpaired) electrons. The second-order valence-electron chi connectivity index (χ2n) is 3.19. The van der Waals surface area contributed by atoms with Gasteiger partial charge in [0.2, 0.25) is 0 Å². The Hall–Kier alpha value is -1.81. The molecule has 3 rings (SSSR count). The fourth-order valence-corrected chi connectivity index (χ4v) is 2.37. The fourth-order valence-electron chi connectivity index (χ4n) is 1.57. The van der Waals surface area contributed by atoms with Gasteiger partial charge in [-0.05, 0) is 29.7 Å². The van der Waals surface area contributed by atoms with Gasteiger partial charge in [-0.25, -0.2) is 0 Å². The monoisotopic (exact) mass is 217 g/mol. The molecule has 1 aliphatic heterocycles. The molecule has 0 spiro atoms. The van der Waals surface area contributed by atoms with Crippen LogP contribution in [0.25, 0.3) is 11.6 Å². The van der Waals surface area contributed by atoms with E-state index in [0.717, 1.165) is 10.6 Å². The SMILES string of the molecule is O=C1Nc2sccc2C1=Cc1ccco1. The Balaban J connectivity index is 2.10. The molecule has 0 bridgehead atoms. The minimum Gasteiger partial charge on any atom is -0.465 e. The summed E-state index contributed by atoms with van der Waals surface area (Å²) in [7, 11) is 0. The Morgan fingerprint density at radius 1 is 1.40 bits per heavy atom. The normalized spacial score (nSPS) is 16.8. The standard InChI is InChI=1S/C11H7NO2S/c13-10-9(6-7-2-1-4-14-7)8-3-5-15-11(8)12-10/h1-6H,(H,12,13). The zero-order valence-electron chi connectivity index (χ0n) is 7.69. The Morgan fingerprint density at radius 3 is 3.13 bits per heavy atom. The minimum absolute atomic E-state index is 0.0618. The van der Waals surface area contributed by atoms with Crippen LogP contribution in [0.2, 0.25) is 0 Å². The maximum absolute atomic E-state index is 11.6. The number of thiophene rings is 1. The van der Waals surface area contributed by atoms with Gasteiger partial charge in [-0.2, -0.15) is 0 Å². The van der Waals surface area contributed by atoms with Crippen LogP contribution in [0.1, 0.15) is 11.3 Å². The lowest BCUT2D eigenvalue weighted by molar-refractivity contribution is -0.110. The first-order valence-electron chi connectivity index (χ1n) is 4.49. The number of rotatable bonds is 1. The van der Waals surface area contributed by atoms with Crippen molar-refractivity contribution in [2.75, 3.05) is 5.32 Å². The van der Waals surface area contributed by atoms with Crippen molar-refractivity contribution < 1.29 is 9.21 Å². The quantitative estimate of drug-likeness (QED) is 0.746. The number of carbonyl (C=O) groups is 1. The summed E-state index contributed by atoms with van der Waals surface area (Å²) >= 11 is 1.53. The first-order chi connectivity index (χ1) is 7.34. The average molecular weight is 217 g/mol. The highest BCUT2D eigenvalue weighted by Crippen LogP contribution is 2.37. The molecule has 2 aromatic rings. The van der Waals surface area contributed by atoms with Crippen LogP contribution in [-0.4, -0.2) is 5.91 Å². The lowest BCUT2D eigenvalue weighted by Crippen LogP contribution is -2.03. The van der Waals surface area contributed by atoms with Gasteiger partial charge in [0.15, 0.2) is 0 Å². The molecule has 1 N–H and O–H groups in total. The van der Waals surface area contributed by atoms with Crippen LogP contribution in [-0.2, 0) is 4.79 Å². The van der Waals surface area contributed by atoms with Crippen molar-refractivity contribution in [3.63, 3.8) is 0 Å². The van der Waals surface area contributed by atoms with E-state index in [9.17, 15) is 4.79 Å². The van der Waals surface area contributed by atoms with Crippen molar-refractivity contribution in [3.8, 4) is 0 Å². The summed E-state index contributed by atoms with van der Waals surface area (Å²) in [6.45, 7) is 0. The number of hydrogen-bond acceptors (Lipinski definition) is 3. The van der Waals surface area contributed by atoms with Gasteiger partial charge in [0, 0.05) is 5.56 Å². The zero-order valence-corrected chi connectivity index (χ0v) is 8.51. The van der Waals surface area contributed by atoms with Crippen molar-refractivity contribution in [1.82, 2.24) is 0 Å². The van der Waals surface area contributed by atoms with Crippen molar-refractivity contribution in [2.24, 2.45) is 0 Å². The van der Waals surface area contributed by atoms with Crippen LogP contribution in [0.3, 0.4) is 0 Å². The van der Waals surface area contributed by atoms with E-state index < -0.39 is 0 Å². The molecule has 3 nitrogen and oxygen atoms in total. The van der Waals surface area contributed by atoms with E-state index in [1.165, 1.54) is 11.3 Å². The molecule has 0 aromatic carbocycles. The van der Waals surface area contributed by atoms with Crippen LogP contribution < -0.4 is 5.32 Å². The molecular weight excluding hydrogens is 210 g/mol. The van der Waals surface area contributed by atoms with E-state index >= 15 is 0 Å². The van der Waals surface area contributed by atoms with Gasteiger partial charge in [-0.3, -0.25) is 4.79 Å². The summed E-state index contributed by atoms with van der Waals surface area (Å²) in [6, 6.07) is 5.56. The maximum atomic E-state index is 11.6. The number of carbonyl (C=O) groups excluding carboxylic acids is 1. The van der Waals surface area contributed by atoms with Crippen molar-refractivity contribution in [2.45, 2.75) is 0 Å². The third-order valence-corrected chi connectivity index (χ3v) is 3.09. The highest BCUT2D eigenvalue weighted by molar-refractivity contribution is 7.15. The third-order valence-electron chi connectivity index (χ3n) is 2.26. The molecule has 0 aliphatic carbocycles. The molecule has 74 valence electrons. The van der Waals surface area contributed by atoms with E-state index in [1.807, 2.05) is 17.5 Å². The number of nitrogens with one attached hydrogen (secondary N) is 1. The van der Waals surface area contributed by atoms with Crippen molar-refractivity contribution in [3.05, 3.63) is 41.2 Å². The van der Waals surface area contributed by atoms with E-state index in [2.05, 4.69) is 5.32 Å². The second-order valence-corrected chi connectivity index (χ2v) is 4.11. The van der Waals surface area contributed by atoms with Crippen LogP contribution >= 0.6 is 11.3 Å². The maximum Gasteiger partial charge on any atom is 0.257 e. The van der Waals surface area contributed by atoms with Gasteiger partial charge >= 0.3 is 0 Å². The molecule has 4 heteroatoms. The van der Waals surface area contributed by atoms with Crippen LogP contribution in [0.4, 0.5) is 5.00 Å². The molecule has 0 unspecified atom stereocenters. The molecule has 0 saturated heterocycles. The summed E-state index contributed by atoms with van der Waals surface area (Å²) in [4.78, 5) is 11.6. The van der Waals surface area contributed by atoms with Gasteiger partial charge in [-0.1, -0.05) is 0 Å². The van der Waals surface area contributed by atoms with Crippen molar-refractivity contribution >= 4 is 33.9 Å².